The molecule has 0 spiro atoms. The molecule has 1 aliphatic rings. The van der Waals surface area contributed by atoms with Crippen molar-refractivity contribution in [1.29, 1.82) is 0 Å². The molecular weight excluding hydrogens is 306 g/mol. The number of carbonyl (C=O) groups excluding carboxylic acids is 1. The highest BCUT2D eigenvalue weighted by Crippen LogP contribution is 2.30. The fourth-order valence-corrected chi connectivity index (χ4v) is 2.81. The van der Waals surface area contributed by atoms with Crippen LogP contribution in [0.15, 0.2) is 0 Å². The first-order chi connectivity index (χ1) is 11.1. The maximum atomic E-state index is 12.0. The molecule has 1 N–H and O–H groups in total. The molecule has 134 valence electrons. The van der Waals surface area contributed by atoms with E-state index in [0.29, 0.717) is 25.9 Å². The van der Waals surface area contributed by atoms with Gasteiger partial charge in [0, 0.05) is 42.6 Å². The lowest BCUT2D eigenvalue weighted by Gasteiger charge is -2.38. The molecule has 0 amide bonds. The Balaban J connectivity index is 2.23. The molecule has 0 unspecified atom stereocenters. The van der Waals surface area contributed by atoms with Crippen molar-refractivity contribution in [2.24, 2.45) is 0 Å². The summed E-state index contributed by atoms with van der Waals surface area (Å²) in [5.41, 5.74) is 0.505. The van der Waals surface area contributed by atoms with E-state index < -0.39 is 11.6 Å². The Morgan fingerprint density at radius 2 is 1.83 bits per heavy atom. The van der Waals surface area contributed by atoms with E-state index in [9.17, 15) is 9.90 Å². The van der Waals surface area contributed by atoms with Crippen molar-refractivity contribution in [3.05, 3.63) is 17.1 Å². The number of esters is 1. The third-order valence-electron chi connectivity index (χ3n) is 4.58. The maximum Gasteiger partial charge on any atom is 0.338 e. The monoisotopic (exact) mass is 335 g/mol. The quantitative estimate of drug-likeness (QED) is 0.854. The van der Waals surface area contributed by atoms with Crippen LogP contribution in [-0.4, -0.2) is 46.3 Å². The molecule has 0 saturated carbocycles. The standard InChI is InChI=1S/C18H29N3O3/c1-7-24-16(22)18(23)8-10-21(11-9-18)14-12(2)13(3)19-15(20-14)17(4,5)6/h23H,7-11H2,1-6H3. The number of aryl methyl sites for hydroxylation is 1. The molecule has 24 heavy (non-hydrogen) atoms. The van der Waals surface area contributed by atoms with Gasteiger partial charge in [-0.05, 0) is 20.8 Å². The van der Waals surface area contributed by atoms with Crippen LogP contribution in [0.5, 0.6) is 0 Å². The van der Waals surface area contributed by atoms with Crippen LogP contribution in [0.25, 0.3) is 0 Å². The highest BCUT2D eigenvalue weighted by atomic mass is 16.5. The second-order valence-electron chi connectivity index (χ2n) is 7.57. The Labute approximate surface area is 144 Å². The van der Waals surface area contributed by atoms with Gasteiger partial charge in [-0.2, -0.15) is 0 Å². The number of nitrogens with zero attached hydrogens (tertiary/aromatic N) is 3. The van der Waals surface area contributed by atoms with Gasteiger partial charge in [-0.3, -0.25) is 0 Å². The van der Waals surface area contributed by atoms with E-state index in [-0.39, 0.29) is 12.0 Å². The van der Waals surface area contributed by atoms with Gasteiger partial charge in [0.25, 0.3) is 0 Å². The normalized spacial score (nSPS) is 17.7. The smallest absolute Gasteiger partial charge is 0.338 e. The van der Waals surface area contributed by atoms with E-state index in [2.05, 4.69) is 30.7 Å². The lowest BCUT2D eigenvalue weighted by molar-refractivity contribution is -0.167. The topological polar surface area (TPSA) is 75.6 Å². The molecule has 0 radical (unpaired) electrons. The Kier molecular flexibility index (Phi) is 5.18. The second kappa shape index (κ2) is 6.67. The van der Waals surface area contributed by atoms with Crippen LogP contribution in [0, 0.1) is 13.8 Å². The minimum absolute atomic E-state index is 0.130. The molecule has 1 aromatic rings. The Morgan fingerprint density at radius 3 is 2.33 bits per heavy atom. The number of ether oxygens (including phenoxy) is 1. The summed E-state index contributed by atoms with van der Waals surface area (Å²) in [6.45, 7) is 13.5. The first kappa shape index (κ1) is 18.6. The molecule has 0 atom stereocenters. The van der Waals surface area contributed by atoms with Crippen LogP contribution in [0.3, 0.4) is 0 Å². The van der Waals surface area contributed by atoms with Gasteiger partial charge in [0.15, 0.2) is 5.60 Å². The summed E-state index contributed by atoms with van der Waals surface area (Å²) in [5.74, 6) is 1.20. The molecule has 1 aliphatic heterocycles. The van der Waals surface area contributed by atoms with Gasteiger partial charge in [0.05, 0.1) is 6.61 Å². The molecule has 0 bridgehead atoms. The molecule has 1 fully saturated rings. The van der Waals surface area contributed by atoms with Gasteiger partial charge in [-0.25, -0.2) is 14.8 Å². The molecule has 0 aromatic carbocycles. The van der Waals surface area contributed by atoms with Crippen molar-refractivity contribution in [2.45, 2.75) is 65.4 Å². The average Bonchev–Trinajstić information content (AvgIpc) is 2.50. The SMILES string of the molecule is CCOC(=O)C1(O)CCN(c2nc(C(C)(C)C)nc(C)c2C)CC1. The molecular formula is C18H29N3O3. The fraction of sp³-hybridized carbons (Fsp3) is 0.722. The van der Waals surface area contributed by atoms with E-state index in [0.717, 1.165) is 22.9 Å². The average molecular weight is 335 g/mol. The second-order valence-corrected chi connectivity index (χ2v) is 7.57. The Bertz CT molecular complexity index is 615. The predicted octanol–water partition coefficient (Wildman–Crippen LogP) is 2.29. The summed E-state index contributed by atoms with van der Waals surface area (Å²) in [7, 11) is 0. The third-order valence-corrected chi connectivity index (χ3v) is 4.58. The van der Waals surface area contributed by atoms with E-state index >= 15 is 0 Å². The highest BCUT2D eigenvalue weighted by Gasteiger charge is 2.41. The Hall–Kier alpha value is -1.69. The first-order valence-electron chi connectivity index (χ1n) is 8.59. The van der Waals surface area contributed by atoms with Crippen molar-refractivity contribution in [3.8, 4) is 0 Å². The molecule has 6 nitrogen and oxygen atoms in total. The van der Waals surface area contributed by atoms with Crippen LogP contribution >= 0.6 is 0 Å². The lowest BCUT2D eigenvalue weighted by Crippen LogP contribution is -2.50. The number of aromatic nitrogens is 2. The molecule has 1 saturated heterocycles. The van der Waals surface area contributed by atoms with Crippen molar-refractivity contribution in [3.63, 3.8) is 0 Å². The zero-order valence-electron chi connectivity index (χ0n) is 15.6. The van der Waals surface area contributed by atoms with Crippen molar-refractivity contribution >= 4 is 11.8 Å². The lowest BCUT2D eigenvalue weighted by atomic mass is 9.91. The van der Waals surface area contributed by atoms with E-state index in [1.807, 2.05) is 13.8 Å². The Morgan fingerprint density at radius 1 is 1.25 bits per heavy atom. The predicted molar refractivity (Wildman–Crippen MR) is 93.2 cm³/mol. The van der Waals surface area contributed by atoms with Crippen molar-refractivity contribution in [2.75, 3.05) is 24.6 Å². The summed E-state index contributed by atoms with van der Waals surface area (Å²) in [6, 6.07) is 0. The number of hydrogen-bond acceptors (Lipinski definition) is 6. The van der Waals surface area contributed by atoms with E-state index in [1.54, 1.807) is 6.92 Å². The summed E-state index contributed by atoms with van der Waals surface area (Å²) in [5, 5.41) is 10.5. The summed E-state index contributed by atoms with van der Waals surface area (Å²) in [4.78, 5) is 23.5. The van der Waals surface area contributed by atoms with Crippen molar-refractivity contribution < 1.29 is 14.6 Å². The third kappa shape index (κ3) is 3.69. The highest BCUT2D eigenvalue weighted by molar-refractivity contribution is 5.79. The molecule has 2 heterocycles. The van der Waals surface area contributed by atoms with Gasteiger partial charge in [-0.1, -0.05) is 20.8 Å². The number of piperidine rings is 1. The zero-order chi connectivity index (χ0) is 18.1. The molecule has 0 aliphatic carbocycles. The summed E-state index contributed by atoms with van der Waals surface area (Å²) >= 11 is 0. The van der Waals surface area contributed by atoms with Crippen LogP contribution in [0.1, 0.15) is 57.6 Å². The minimum atomic E-state index is -1.38. The van der Waals surface area contributed by atoms with Crippen LogP contribution in [0.4, 0.5) is 5.82 Å². The van der Waals surface area contributed by atoms with Gasteiger partial charge >= 0.3 is 5.97 Å². The van der Waals surface area contributed by atoms with E-state index in [4.69, 9.17) is 9.72 Å². The maximum absolute atomic E-state index is 12.0. The summed E-state index contributed by atoms with van der Waals surface area (Å²) in [6.07, 6.45) is 0.693. The molecule has 1 aromatic heterocycles. The minimum Gasteiger partial charge on any atom is -0.464 e. The largest absolute Gasteiger partial charge is 0.464 e. The van der Waals surface area contributed by atoms with Gasteiger partial charge < -0.3 is 14.7 Å². The van der Waals surface area contributed by atoms with Crippen LogP contribution in [-0.2, 0) is 14.9 Å². The first-order valence-corrected chi connectivity index (χ1v) is 8.59. The number of rotatable bonds is 3. The molecule has 6 heteroatoms. The van der Waals surface area contributed by atoms with Crippen LogP contribution in [0.2, 0.25) is 0 Å². The van der Waals surface area contributed by atoms with Gasteiger partial charge in [-0.15, -0.1) is 0 Å². The fourth-order valence-electron chi connectivity index (χ4n) is 2.81. The zero-order valence-corrected chi connectivity index (χ0v) is 15.6. The number of anilines is 1. The number of aliphatic hydroxyl groups is 1. The summed E-state index contributed by atoms with van der Waals surface area (Å²) < 4.78 is 5.00. The van der Waals surface area contributed by atoms with E-state index in [1.165, 1.54) is 0 Å². The van der Waals surface area contributed by atoms with Gasteiger partial charge in [0.1, 0.15) is 11.6 Å². The van der Waals surface area contributed by atoms with Crippen LogP contribution < -0.4 is 4.90 Å². The number of carbonyl (C=O) groups is 1. The number of hydrogen-bond donors (Lipinski definition) is 1. The molecule has 2 rings (SSSR count). The van der Waals surface area contributed by atoms with Crippen molar-refractivity contribution in [1.82, 2.24) is 9.97 Å². The van der Waals surface area contributed by atoms with Gasteiger partial charge in [0.2, 0.25) is 0 Å².